The van der Waals surface area contributed by atoms with E-state index in [0.29, 0.717) is 28.6 Å². The molecule has 0 radical (unpaired) electrons. The third-order valence-electron chi connectivity index (χ3n) is 4.24. The van der Waals surface area contributed by atoms with Crippen molar-refractivity contribution < 1.29 is 14.6 Å². The number of hydrogen-bond donors (Lipinski definition) is 2. The van der Waals surface area contributed by atoms with Gasteiger partial charge < -0.3 is 15.2 Å². The maximum absolute atomic E-state index is 12.5. The molecule has 0 bridgehead atoms. The van der Waals surface area contributed by atoms with Crippen LogP contribution in [-0.4, -0.2) is 11.0 Å². The molecule has 0 fully saturated rings. The molecule has 0 aliphatic heterocycles. The predicted octanol–water partition coefficient (Wildman–Crippen LogP) is 5.48. The summed E-state index contributed by atoms with van der Waals surface area (Å²) in [5.74, 6) is 0.0114. The first kappa shape index (κ1) is 21.0. The van der Waals surface area contributed by atoms with Crippen LogP contribution in [0, 0.1) is 18.3 Å². The van der Waals surface area contributed by atoms with E-state index in [9.17, 15) is 15.2 Å². The van der Waals surface area contributed by atoms with Crippen LogP contribution in [0.5, 0.6) is 11.5 Å². The first-order valence-electron chi connectivity index (χ1n) is 9.14. The normalized spacial score (nSPS) is 10.9. The number of phenols is 1. The van der Waals surface area contributed by atoms with Crippen LogP contribution in [0.15, 0.2) is 72.3 Å². The maximum atomic E-state index is 12.5. The third-order valence-corrected chi connectivity index (χ3v) is 4.47. The molecule has 0 saturated carbocycles. The summed E-state index contributed by atoms with van der Waals surface area (Å²) >= 11 is 6.11. The Bertz CT molecular complexity index is 1130. The van der Waals surface area contributed by atoms with Crippen LogP contribution in [0.2, 0.25) is 5.02 Å². The number of nitrogens with one attached hydrogen (secondary N) is 1. The van der Waals surface area contributed by atoms with Crippen LogP contribution in [0.3, 0.4) is 0 Å². The van der Waals surface area contributed by atoms with Gasteiger partial charge in [0.05, 0.1) is 0 Å². The van der Waals surface area contributed by atoms with Crippen LogP contribution in [0.4, 0.5) is 5.69 Å². The van der Waals surface area contributed by atoms with Crippen LogP contribution >= 0.6 is 11.6 Å². The number of nitrogens with zero attached hydrogens (tertiary/aromatic N) is 1. The standard InChI is InChI=1S/C24H19ClN2O3/c1-16-3-2-4-17(11-16)15-30-23-10-5-20(25)13-18(23)12-19(14-26)24(29)27-21-6-8-22(28)9-7-21/h2-13,28H,15H2,1H3,(H,27,29)/b19-12+. The zero-order chi connectivity index (χ0) is 21.5. The lowest BCUT2D eigenvalue weighted by molar-refractivity contribution is -0.112. The van der Waals surface area contributed by atoms with Crippen molar-refractivity contribution in [1.82, 2.24) is 0 Å². The second kappa shape index (κ2) is 9.64. The van der Waals surface area contributed by atoms with Crippen molar-refractivity contribution in [3.8, 4) is 17.6 Å². The number of anilines is 1. The zero-order valence-corrected chi connectivity index (χ0v) is 17.0. The van der Waals surface area contributed by atoms with Gasteiger partial charge in [-0.2, -0.15) is 5.26 Å². The summed E-state index contributed by atoms with van der Waals surface area (Å²) in [6.07, 6.45) is 1.44. The van der Waals surface area contributed by atoms with Crippen molar-refractivity contribution in [3.63, 3.8) is 0 Å². The number of benzene rings is 3. The second-order valence-corrected chi connectivity index (χ2v) is 7.07. The van der Waals surface area contributed by atoms with E-state index in [1.54, 1.807) is 18.2 Å². The van der Waals surface area contributed by atoms with Crippen LogP contribution in [0.25, 0.3) is 6.08 Å². The number of aryl methyl sites for hydroxylation is 1. The average molecular weight is 419 g/mol. The molecule has 6 heteroatoms. The number of carbonyl (C=O) groups is 1. The summed E-state index contributed by atoms with van der Waals surface area (Å²) in [5, 5.41) is 21.9. The Labute approximate surface area is 179 Å². The maximum Gasteiger partial charge on any atom is 0.266 e. The highest BCUT2D eigenvalue weighted by Gasteiger charge is 2.12. The number of aromatic hydroxyl groups is 1. The number of amides is 1. The molecular weight excluding hydrogens is 400 g/mol. The lowest BCUT2D eigenvalue weighted by atomic mass is 10.1. The Morgan fingerprint density at radius 3 is 2.63 bits per heavy atom. The molecule has 0 spiro atoms. The van der Waals surface area contributed by atoms with Crippen molar-refractivity contribution in [2.45, 2.75) is 13.5 Å². The van der Waals surface area contributed by atoms with Crippen LogP contribution in [-0.2, 0) is 11.4 Å². The summed E-state index contributed by atoms with van der Waals surface area (Å²) in [6, 6.07) is 20.9. The first-order chi connectivity index (χ1) is 14.4. The van der Waals surface area contributed by atoms with Gasteiger partial charge in [-0.25, -0.2) is 0 Å². The Hall–Kier alpha value is -3.75. The number of rotatable bonds is 6. The molecule has 3 rings (SSSR count). The molecule has 0 aromatic heterocycles. The van der Waals surface area contributed by atoms with Crippen molar-refractivity contribution in [1.29, 1.82) is 5.26 Å². The molecule has 3 aromatic rings. The highest BCUT2D eigenvalue weighted by Crippen LogP contribution is 2.27. The van der Waals surface area contributed by atoms with Gasteiger partial charge in [-0.15, -0.1) is 0 Å². The highest BCUT2D eigenvalue weighted by atomic mass is 35.5. The molecule has 0 heterocycles. The minimum absolute atomic E-state index is 0.0818. The van der Waals surface area contributed by atoms with Crippen molar-refractivity contribution in [3.05, 3.63) is 94.0 Å². The van der Waals surface area contributed by atoms with Crippen molar-refractivity contribution in [2.75, 3.05) is 5.32 Å². The van der Waals surface area contributed by atoms with Gasteiger partial charge in [-0.3, -0.25) is 4.79 Å². The molecular formula is C24H19ClN2O3. The van der Waals surface area contributed by atoms with Crippen LogP contribution < -0.4 is 10.1 Å². The number of halogens is 1. The summed E-state index contributed by atoms with van der Waals surface area (Å²) in [4.78, 5) is 12.5. The summed E-state index contributed by atoms with van der Waals surface area (Å²) in [5.41, 5.74) is 3.01. The fourth-order valence-electron chi connectivity index (χ4n) is 2.77. The Morgan fingerprint density at radius 1 is 1.17 bits per heavy atom. The van der Waals surface area contributed by atoms with E-state index in [-0.39, 0.29) is 11.3 Å². The molecule has 0 atom stereocenters. The zero-order valence-electron chi connectivity index (χ0n) is 16.2. The Morgan fingerprint density at radius 2 is 1.93 bits per heavy atom. The van der Waals surface area contributed by atoms with Gasteiger partial charge in [0.25, 0.3) is 5.91 Å². The smallest absolute Gasteiger partial charge is 0.266 e. The molecule has 0 aliphatic carbocycles. The van der Waals surface area contributed by atoms with E-state index in [1.165, 1.54) is 30.3 Å². The van der Waals surface area contributed by atoms with Crippen molar-refractivity contribution >= 4 is 29.3 Å². The van der Waals surface area contributed by atoms with E-state index < -0.39 is 5.91 Å². The number of carbonyl (C=O) groups excluding carboxylic acids is 1. The third kappa shape index (κ3) is 5.63. The fraction of sp³-hybridized carbons (Fsp3) is 0.0833. The van der Waals surface area contributed by atoms with E-state index >= 15 is 0 Å². The van der Waals surface area contributed by atoms with Gasteiger partial charge in [-0.1, -0.05) is 41.4 Å². The quantitative estimate of drug-likeness (QED) is 0.315. The van der Waals surface area contributed by atoms with Gasteiger partial charge in [0, 0.05) is 16.3 Å². The van der Waals surface area contributed by atoms with Gasteiger partial charge in [0.1, 0.15) is 29.7 Å². The predicted molar refractivity (Wildman–Crippen MR) is 117 cm³/mol. The van der Waals surface area contributed by atoms with E-state index in [1.807, 2.05) is 37.3 Å². The lowest BCUT2D eigenvalue weighted by Gasteiger charge is -2.11. The topological polar surface area (TPSA) is 82.3 Å². The molecule has 0 aliphatic rings. The molecule has 3 aromatic carbocycles. The number of nitriles is 1. The van der Waals surface area contributed by atoms with Gasteiger partial charge in [0.2, 0.25) is 0 Å². The molecule has 0 saturated heterocycles. The number of phenolic OH excluding ortho intramolecular Hbond substituents is 1. The van der Waals surface area contributed by atoms with E-state index in [4.69, 9.17) is 16.3 Å². The molecule has 5 nitrogen and oxygen atoms in total. The molecule has 1 amide bonds. The second-order valence-electron chi connectivity index (χ2n) is 6.63. The van der Waals surface area contributed by atoms with Crippen LogP contribution in [0.1, 0.15) is 16.7 Å². The SMILES string of the molecule is Cc1cccc(COc2ccc(Cl)cc2/C=C(\C#N)C(=O)Nc2ccc(O)cc2)c1. The Balaban J connectivity index is 1.82. The molecule has 150 valence electrons. The van der Waals surface area contributed by atoms with Gasteiger partial charge in [-0.05, 0) is 61.0 Å². The van der Waals surface area contributed by atoms with Gasteiger partial charge >= 0.3 is 0 Å². The van der Waals surface area contributed by atoms with Crippen molar-refractivity contribution in [2.24, 2.45) is 0 Å². The largest absolute Gasteiger partial charge is 0.508 e. The minimum atomic E-state index is -0.576. The molecule has 30 heavy (non-hydrogen) atoms. The summed E-state index contributed by atoms with van der Waals surface area (Å²) in [6.45, 7) is 2.34. The van der Waals surface area contributed by atoms with E-state index in [2.05, 4.69) is 5.32 Å². The minimum Gasteiger partial charge on any atom is -0.508 e. The summed E-state index contributed by atoms with van der Waals surface area (Å²) < 4.78 is 5.92. The van der Waals surface area contributed by atoms with E-state index in [0.717, 1.165) is 11.1 Å². The number of hydrogen-bond acceptors (Lipinski definition) is 4. The Kier molecular flexibility index (Phi) is 6.74. The van der Waals surface area contributed by atoms with Gasteiger partial charge in [0.15, 0.2) is 0 Å². The fourth-order valence-corrected chi connectivity index (χ4v) is 2.95. The molecule has 2 N–H and O–H groups in total. The first-order valence-corrected chi connectivity index (χ1v) is 9.52. The average Bonchev–Trinajstić information content (AvgIpc) is 2.73. The highest BCUT2D eigenvalue weighted by molar-refractivity contribution is 6.30. The molecule has 0 unspecified atom stereocenters. The lowest BCUT2D eigenvalue weighted by Crippen LogP contribution is -2.13. The number of ether oxygens (including phenoxy) is 1. The monoisotopic (exact) mass is 418 g/mol. The summed E-state index contributed by atoms with van der Waals surface area (Å²) in [7, 11) is 0.